The lowest BCUT2D eigenvalue weighted by molar-refractivity contribution is -0.130. The molecule has 4 rings (SSSR count). The molecule has 2 fully saturated rings. The van der Waals surface area contributed by atoms with Crippen LogP contribution in [0.25, 0.3) is 0 Å². The molecule has 5 unspecified atom stereocenters. The quantitative estimate of drug-likeness (QED) is 0.822. The zero-order chi connectivity index (χ0) is 18.3. The number of hydrogen-bond acceptors (Lipinski definition) is 4. The Morgan fingerprint density at radius 2 is 1.96 bits per heavy atom. The highest BCUT2D eigenvalue weighted by Crippen LogP contribution is 2.49. The van der Waals surface area contributed by atoms with E-state index in [1.165, 1.54) is 25.7 Å². The predicted octanol–water partition coefficient (Wildman–Crippen LogP) is 3.20. The number of ether oxygens (including phenoxy) is 2. The van der Waals surface area contributed by atoms with Gasteiger partial charge in [0, 0.05) is 6.04 Å². The highest BCUT2D eigenvalue weighted by atomic mass is 16.5. The molecule has 3 aliphatic rings. The molecule has 2 bridgehead atoms. The van der Waals surface area contributed by atoms with Gasteiger partial charge < -0.3 is 14.8 Å². The fourth-order valence-electron chi connectivity index (χ4n) is 4.94. The molecule has 0 spiro atoms. The molecule has 0 saturated heterocycles. The summed E-state index contributed by atoms with van der Waals surface area (Å²) < 4.78 is 10.8. The number of nitrogens with one attached hydrogen (secondary N) is 1. The normalized spacial score (nSPS) is 28.5. The lowest BCUT2D eigenvalue weighted by Gasteiger charge is -2.29. The molecule has 1 aliphatic heterocycles. The maximum absolute atomic E-state index is 12.5. The van der Waals surface area contributed by atoms with Crippen molar-refractivity contribution in [1.29, 1.82) is 0 Å². The number of fused-ring (bicyclic) bond motifs is 3. The third kappa shape index (κ3) is 3.37. The van der Waals surface area contributed by atoms with Crippen LogP contribution in [0.2, 0.25) is 0 Å². The summed E-state index contributed by atoms with van der Waals surface area (Å²) in [6, 6.07) is 5.56. The second kappa shape index (κ2) is 7.03. The van der Waals surface area contributed by atoms with Crippen molar-refractivity contribution in [3.05, 3.63) is 34.9 Å². The van der Waals surface area contributed by atoms with Crippen molar-refractivity contribution in [3.63, 3.8) is 0 Å². The largest absolute Gasteiger partial charge is 0.449 e. The van der Waals surface area contributed by atoms with Gasteiger partial charge in [0.25, 0.3) is 5.91 Å². The Bertz CT molecular complexity index is 716. The van der Waals surface area contributed by atoms with Gasteiger partial charge in [0.1, 0.15) is 0 Å². The van der Waals surface area contributed by atoms with Gasteiger partial charge in [-0.3, -0.25) is 4.79 Å². The van der Waals surface area contributed by atoms with Crippen molar-refractivity contribution >= 4 is 11.9 Å². The van der Waals surface area contributed by atoms with Gasteiger partial charge in [-0.15, -0.1) is 0 Å². The molecule has 0 radical (unpaired) electrons. The molecule has 2 aliphatic carbocycles. The van der Waals surface area contributed by atoms with Gasteiger partial charge in [-0.1, -0.05) is 12.5 Å². The topological polar surface area (TPSA) is 64.6 Å². The fourth-order valence-corrected chi connectivity index (χ4v) is 4.94. The van der Waals surface area contributed by atoms with E-state index in [-0.39, 0.29) is 11.9 Å². The highest BCUT2D eigenvalue weighted by Gasteiger charge is 2.42. The number of amides is 1. The van der Waals surface area contributed by atoms with Crippen LogP contribution in [0.4, 0.5) is 0 Å². The second-order valence-electron chi connectivity index (χ2n) is 8.16. The Morgan fingerprint density at radius 3 is 2.69 bits per heavy atom. The molecule has 140 valence electrons. The number of hydrogen-bond donors (Lipinski definition) is 1. The number of benzene rings is 1. The van der Waals surface area contributed by atoms with Gasteiger partial charge in [0.05, 0.1) is 18.8 Å². The molecule has 5 nitrogen and oxygen atoms in total. The summed E-state index contributed by atoms with van der Waals surface area (Å²) in [5, 5.41) is 3.07. The fraction of sp³-hybridized carbons (Fsp3) is 0.619. The minimum Gasteiger partial charge on any atom is -0.449 e. The molecular weight excluding hydrogens is 330 g/mol. The number of carbonyl (C=O) groups excluding carboxylic acids is 2. The van der Waals surface area contributed by atoms with Crippen LogP contribution in [0.5, 0.6) is 0 Å². The summed E-state index contributed by atoms with van der Waals surface area (Å²) in [5.41, 5.74) is 2.59. The van der Waals surface area contributed by atoms with Crippen LogP contribution < -0.4 is 5.32 Å². The first-order valence-electron chi connectivity index (χ1n) is 9.72. The van der Waals surface area contributed by atoms with Crippen LogP contribution in [-0.2, 0) is 27.5 Å². The zero-order valence-electron chi connectivity index (χ0n) is 15.5. The van der Waals surface area contributed by atoms with E-state index in [2.05, 4.69) is 12.2 Å². The first kappa shape index (κ1) is 17.5. The van der Waals surface area contributed by atoms with Crippen molar-refractivity contribution < 1.29 is 19.1 Å². The van der Waals surface area contributed by atoms with E-state index in [1.54, 1.807) is 19.1 Å². The molecule has 1 aromatic carbocycles. The van der Waals surface area contributed by atoms with Crippen LogP contribution in [0.3, 0.4) is 0 Å². The monoisotopic (exact) mass is 357 g/mol. The van der Waals surface area contributed by atoms with Gasteiger partial charge in [-0.2, -0.15) is 0 Å². The minimum atomic E-state index is -0.798. The van der Waals surface area contributed by atoms with E-state index in [0.29, 0.717) is 24.7 Å². The minimum absolute atomic E-state index is 0.135. The van der Waals surface area contributed by atoms with Gasteiger partial charge in [-0.05, 0) is 74.1 Å². The summed E-state index contributed by atoms with van der Waals surface area (Å²) in [6.07, 6.45) is 4.38. The molecule has 1 N–H and O–H groups in total. The Balaban J connectivity index is 1.31. The number of esters is 1. The van der Waals surface area contributed by atoms with E-state index in [4.69, 9.17) is 9.47 Å². The summed E-state index contributed by atoms with van der Waals surface area (Å²) in [4.78, 5) is 24.8. The van der Waals surface area contributed by atoms with E-state index in [9.17, 15) is 9.59 Å². The molecule has 0 aromatic heterocycles. The Hall–Kier alpha value is -1.88. The number of rotatable bonds is 5. The van der Waals surface area contributed by atoms with Gasteiger partial charge in [0.15, 0.2) is 6.10 Å². The van der Waals surface area contributed by atoms with Gasteiger partial charge in [0.2, 0.25) is 0 Å². The number of carbonyl (C=O) groups is 2. The Labute approximate surface area is 154 Å². The maximum Gasteiger partial charge on any atom is 0.338 e. The van der Waals surface area contributed by atoms with E-state index in [1.807, 2.05) is 6.07 Å². The molecule has 26 heavy (non-hydrogen) atoms. The van der Waals surface area contributed by atoms with Crippen LogP contribution in [0.15, 0.2) is 18.2 Å². The average molecular weight is 357 g/mol. The summed E-state index contributed by atoms with van der Waals surface area (Å²) in [6.45, 7) is 4.83. The van der Waals surface area contributed by atoms with Crippen LogP contribution >= 0.6 is 0 Å². The standard InChI is InChI=1S/C21H27NO4/c1-12(19-8-14-3-4-15(19)7-14)22-20(23)13(2)26-21(24)16-5-6-17-10-25-11-18(17)9-16/h5-6,9,12-15,19H,3-4,7-8,10-11H2,1-2H3,(H,22,23). The lowest BCUT2D eigenvalue weighted by atomic mass is 9.84. The van der Waals surface area contributed by atoms with E-state index in [0.717, 1.165) is 23.0 Å². The van der Waals surface area contributed by atoms with Crippen molar-refractivity contribution in [2.75, 3.05) is 0 Å². The van der Waals surface area contributed by atoms with Gasteiger partial charge >= 0.3 is 5.97 Å². The lowest BCUT2D eigenvalue weighted by Crippen LogP contribution is -2.45. The van der Waals surface area contributed by atoms with Crippen molar-refractivity contribution in [2.45, 2.75) is 64.9 Å². The predicted molar refractivity (Wildman–Crippen MR) is 96.4 cm³/mol. The SMILES string of the molecule is CC(OC(=O)c1ccc2c(c1)COC2)C(=O)NC(C)C1CC2CCC1C2. The molecule has 1 amide bonds. The Kier molecular flexibility index (Phi) is 4.74. The summed E-state index contributed by atoms with van der Waals surface area (Å²) in [5.74, 6) is 1.50. The summed E-state index contributed by atoms with van der Waals surface area (Å²) >= 11 is 0. The van der Waals surface area contributed by atoms with Crippen LogP contribution in [-0.4, -0.2) is 24.0 Å². The van der Waals surface area contributed by atoms with Crippen molar-refractivity contribution in [2.24, 2.45) is 17.8 Å². The molecule has 5 heteroatoms. The van der Waals surface area contributed by atoms with Crippen molar-refractivity contribution in [3.8, 4) is 0 Å². The maximum atomic E-state index is 12.5. The van der Waals surface area contributed by atoms with E-state index >= 15 is 0 Å². The third-order valence-electron chi connectivity index (χ3n) is 6.42. The average Bonchev–Trinajstić information content (AvgIpc) is 3.36. The van der Waals surface area contributed by atoms with Crippen LogP contribution in [0, 0.1) is 17.8 Å². The molecule has 1 aromatic rings. The zero-order valence-corrected chi connectivity index (χ0v) is 15.5. The molecule has 1 heterocycles. The smallest absolute Gasteiger partial charge is 0.338 e. The molecule has 2 saturated carbocycles. The first-order chi connectivity index (χ1) is 12.5. The molecule has 5 atom stereocenters. The van der Waals surface area contributed by atoms with E-state index < -0.39 is 12.1 Å². The second-order valence-corrected chi connectivity index (χ2v) is 8.16. The summed E-state index contributed by atoms with van der Waals surface area (Å²) in [7, 11) is 0. The highest BCUT2D eigenvalue weighted by molar-refractivity contribution is 5.92. The third-order valence-corrected chi connectivity index (χ3v) is 6.42. The Morgan fingerprint density at radius 1 is 1.15 bits per heavy atom. The first-order valence-corrected chi connectivity index (χ1v) is 9.72. The van der Waals surface area contributed by atoms with Crippen molar-refractivity contribution in [1.82, 2.24) is 5.32 Å². The van der Waals surface area contributed by atoms with Gasteiger partial charge in [-0.25, -0.2) is 4.79 Å². The van der Waals surface area contributed by atoms with Crippen LogP contribution in [0.1, 0.15) is 61.0 Å². The molecular formula is C21H27NO4.